The fourth-order valence-electron chi connectivity index (χ4n) is 5.56. The van der Waals surface area contributed by atoms with Crippen molar-refractivity contribution in [3.63, 3.8) is 0 Å². The monoisotopic (exact) mass is 534 g/mol. The molecule has 0 saturated carbocycles. The molecule has 0 aliphatic heterocycles. The standard InChI is InChI=1S/C38H62O/c1-3-5-7-9-11-13-14-15-16-17-18-20-22-24-34-39-38-32-30-37(31-33-38)36-28-26-35(27-29-36)25-23-21-19-12-10-8-6-4-2/h26-33H,3-25,34H2,1-2H3. The number of rotatable bonds is 26. The lowest BCUT2D eigenvalue weighted by Gasteiger charge is -2.08. The van der Waals surface area contributed by atoms with Gasteiger partial charge in [0.15, 0.2) is 0 Å². The van der Waals surface area contributed by atoms with Crippen LogP contribution in [-0.2, 0) is 6.42 Å². The Morgan fingerprint density at radius 2 is 0.744 bits per heavy atom. The fourth-order valence-corrected chi connectivity index (χ4v) is 5.56. The highest BCUT2D eigenvalue weighted by atomic mass is 16.5. The fraction of sp³-hybridized carbons (Fsp3) is 0.684. The number of hydrogen-bond donors (Lipinski definition) is 0. The molecule has 0 spiro atoms. The van der Waals surface area contributed by atoms with Gasteiger partial charge in [-0.15, -0.1) is 0 Å². The molecule has 2 aromatic rings. The van der Waals surface area contributed by atoms with E-state index in [1.807, 2.05) is 0 Å². The predicted molar refractivity (Wildman–Crippen MR) is 174 cm³/mol. The Bertz CT molecular complexity index is 775. The summed E-state index contributed by atoms with van der Waals surface area (Å²) in [5, 5.41) is 0. The van der Waals surface area contributed by atoms with Crippen LogP contribution in [0.3, 0.4) is 0 Å². The van der Waals surface area contributed by atoms with E-state index in [1.165, 1.54) is 164 Å². The molecule has 0 aliphatic carbocycles. The summed E-state index contributed by atoms with van der Waals surface area (Å²) in [4.78, 5) is 0. The number of unbranched alkanes of at least 4 members (excludes halogenated alkanes) is 20. The Kier molecular flexibility index (Phi) is 20.6. The molecule has 0 N–H and O–H groups in total. The molecule has 0 atom stereocenters. The smallest absolute Gasteiger partial charge is 0.119 e. The average molecular weight is 535 g/mol. The maximum Gasteiger partial charge on any atom is 0.119 e. The highest BCUT2D eigenvalue weighted by Gasteiger charge is 2.01. The van der Waals surface area contributed by atoms with Gasteiger partial charge in [-0.05, 0) is 48.1 Å². The van der Waals surface area contributed by atoms with E-state index >= 15 is 0 Å². The molecule has 0 aromatic heterocycles. The van der Waals surface area contributed by atoms with Gasteiger partial charge in [-0.3, -0.25) is 0 Å². The molecule has 0 radical (unpaired) electrons. The highest BCUT2D eigenvalue weighted by Crippen LogP contribution is 2.24. The summed E-state index contributed by atoms with van der Waals surface area (Å²) in [7, 11) is 0. The van der Waals surface area contributed by atoms with Crippen LogP contribution in [0.1, 0.15) is 161 Å². The summed E-state index contributed by atoms with van der Waals surface area (Å²) < 4.78 is 6.01. The molecule has 0 unspecified atom stereocenters. The van der Waals surface area contributed by atoms with Gasteiger partial charge in [-0.1, -0.05) is 179 Å². The first-order chi connectivity index (χ1) is 19.3. The molecule has 39 heavy (non-hydrogen) atoms. The van der Waals surface area contributed by atoms with Crippen LogP contribution in [0, 0.1) is 0 Å². The maximum atomic E-state index is 6.01. The van der Waals surface area contributed by atoms with Crippen molar-refractivity contribution < 1.29 is 4.74 Å². The lowest BCUT2D eigenvalue weighted by atomic mass is 10.0. The molecule has 1 nitrogen and oxygen atoms in total. The minimum atomic E-state index is 0.838. The van der Waals surface area contributed by atoms with Crippen molar-refractivity contribution >= 4 is 0 Å². The molecule has 220 valence electrons. The summed E-state index contributed by atoms with van der Waals surface area (Å²) in [6.45, 7) is 5.42. The molecular weight excluding hydrogens is 472 g/mol. The SMILES string of the molecule is CCCCCCCCCCCCCCCCOc1ccc(-c2ccc(CCCCCCCCCC)cc2)cc1. The van der Waals surface area contributed by atoms with Crippen molar-refractivity contribution in [3.8, 4) is 16.9 Å². The normalized spacial score (nSPS) is 11.2. The van der Waals surface area contributed by atoms with Gasteiger partial charge in [0, 0.05) is 0 Å². The quantitative estimate of drug-likeness (QED) is 0.109. The van der Waals surface area contributed by atoms with Crippen molar-refractivity contribution in [2.24, 2.45) is 0 Å². The third-order valence-corrected chi connectivity index (χ3v) is 8.23. The van der Waals surface area contributed by atoms with Crippen LogP contribution in [0.25, 0.3) is 11.1 Å². The van der Waals surface area contributed by atoms with Crippen LogP contribution in [0.15, 0.2) is 48.5 Å². The third kappa shape index (κ3) is 17.5. The average Bonchev–Trinajstić information content (AvgIpc) is 2.97. The summed E-state index contributed by atoms with van der Waals surface area (Å²) in [5.74, 6) is 1.000. The van der Waals surface area contributed by atoms with E-state index in [1.54, 1.807) is 0 Å². The zero-order valence-corrected chi connectivity index (χ0v) is 26.0. The first kappa shape index (κ1) is 33.4. The summed E-state index contributed by atoms with van der Waals surface area (Å²) in [6, 6.07) is 17.9. The van der Waals surface area contributed by atoms with E-state index in [0.717, 1.165) is 12.4 Å². The van der Waals surface area contributed by atoms with Gasteiger partial charge in [0.05, 0.1) is 6.61 Å². The zero-order valence-electron chi connectivity index (χ0n) is 26.0. The van der Waals surface area contributed by atoms with Crippen molar-refractivity contribution in [1.29, 1.82) is 0 Å². The van der Waals surface area contributed by atoms with E-state index in [0.29, 0.717) is 0 Å². The van der Waals surface area contributed by atoms with Crippen LogP contribution in [0.5, 0.6) is 5.75 Å². The molecule has 0 amide bonds. The van der Waals surface area contributed by atoms with Crippen LogP contribution in [-0.4, -0.2) is 6.61 Å². The van der Waals surface area contributed by atoms with Crippen LogP contribution >= 0.6 is 0 Å². The Labute approximate surface area is 243 Å². The van der Waals surface area contributed by atoms with Gasteiger partial charge in [0.1, 0.15) is 5.75 Å². The minimum Gasteiger partial charge on any atom is -0.494 e. The van der Waals surface area contributed by atoms with Crippen molar-refractivity contribution in [2.75, 3.05) is 6.61 Å². The first-order valence-electron chi connectivity index (χ1n) is 17.2. The molecule has 0 aliphatic rings. The highest BCUT2D eigenvalue weighted by molar-refractivity contribution is 5.64. The van der Waals surface area contributed by atoms with E-state index in [2.05, 4.69) is 62.4 Å². The Morgan fingerprint density at radius 1 is 0.385 bits per heavy atom. The van der Waals surface area contributed by atoms with Crippen molar-refractivity contribution in [1.82, 2.24) is 0 Å². The Morgan fingerprint density at radius 3 is 1.18 bits per heavy atom. The molecule has 0 fully saturated rings. The summed E-state index contributed by atoms with van der Waals surface area (Å²) in [5.41, 5.74) is 4.04. The largest absolute Gasteiger partial charge is 0.494 e. The van der Waals surface area contributed by atoms with Gasteiger partial charge in [0.2, 0.25) is 0 Å². The minimum absolute atomic E-state index is 0.838. The molecular formula is C38H62O. The first-order valence-corrected chi connectivity index (χ1v) is 17.2. The van der Waals surface area contributed by atoms with Gasteiger partial charge < -0.3 is 4.74 Å². The Hall–Kier alpha value is -1.76. The number of benzene rings is 2. The lowest BCUT2D eigenvalue weighted by Crippen LogP contribution is -1.97. The van der Waals surface area contributed by atoms with Crippen molar-refractivity contribution in [3.05, 3.63) is 54.1 Å². The molecule has 1 heteroatoms. The van der Waals surface area contributed by atoms with Crippen LogP contribution in [0.4, 0.5) is 0 Å². The third-order valence-electron chi connectivity index (χ3n) is 8.23. The lowest BCUT2D eigenvalue weighted by molar-refractivity contribution is 0.304. The molecule has 0 heterocycles. The van der Waals surface area contributed by atoms with Gasteiger partial charge in [-0.25, -0.2) is 0 Å². The van der Waals surface area contributed by atoms with Crippen LogP contribution in [0.2, 0.25) is 0 Å². The summed E-state index contributed by atoms with van der Waals surface area (Å²) >= 11 is 0. The van der Waals surface area contributed by atoms with Crippen molar-refractivity contribution in [2.45, 2.75) is 162 Å². The maximum absolute atomic E-state index is 6.01. The second-order valence-electron chi connectivity index (χ2n) is 11.9. The van der Waals surface area contributed by atoms with Gasteiger partial charge in [-0.2, -0.15) is 0 Å². The van der Waals surface area contributed by atoms with Crippen LogP contribution < -0.4 is 4.74 Å². The molecule has 0 saturated heterocycles. The van der Waals surface area contributed by atoms with E-state index < -0.39 is 0 Å². The zero-order chi connectivity index (χ0) is 27.6. The number of aryl methyl sites for hydroxylation is 1. The predicted octanol–water partition coefficient (Wildman–Crippen LogP) is 12.9. The number of hydrogen-bond acceptors (Lipinski definition) is 1. The van der Waals surface area contributed by atoms with E-state index in [-0.39, 0.29) is 0 Å². The van der Waals surface area contributed by atoms with Gasteiger partial charge in [0.25, 0.3) is 0 Å². The van der Waals surface area contributed by atoms with E-state index in [4.69, 9.17) is 4.74 Å². The van der Waals surface area contributed by atoms with Gasteiger partial charge >= 0.3 is 0 Å². The topological polar surface area (TPSA) is 9.23 Å². The Balaban J connectivity index is 1.46. The summed E-state index contributed by atoms with van der Waals surface area (Å²) in [6.07, 6.45) is 31.8. The molecule has 2 aromatic carbocycles. The van der Waals surface area contributed by atoms with E-state index in [9.17, 15) is 0 Å². The molecule has 0 bridgehead atoms. The molecule has 2 rings (SSSR count). The second kappa shape index (κ2) is 24.1. The number of ether oxygens (including phenoxy) is 1. The second-order valence-corrected chi connectivity index (χ2v) is 11.9.